The number of ether oxygens (including phenoxy) is 2. The van der Waals surface area contributed by atoms with Gasteiger partial charge in [-0.05, 0) is 30.5 Å². The molecule has 30 heavy (non-hydrogen) atoms. The van der Waals surface area contributed by atoms with E-state index in [0.717, 1.165) is 24.1 Å². The number of benzene rings is 1. The Balaban J connectivity index is 0.000000469. The fraction of sp³-hybridized carbons (Fsp3) is 0.636. The van der Waals surface area contributed by atoms with Crippen LogP contribution in [0.4, 0.5) is 0 Å². The molecule has 2 aliphatic rings. The van der Waals surface area contributed by atoms with Crippen molar-refractivity contribution in [2.75, 3.05) is 40.4 Å². The molecule has 1 saturated carbocycles. The quantitative estimate of drug-likeness (QED) is 0.552. The van der Waals surface area contributed by atoms with Gasteiger partial charge in [-0.25, -0.2) is 9.59 Å². The molecule has 0 amide bonds. The van der Waals surface area contributed by atoms with E-state index in [1.165, 1.54) is 70.3 Å². The van der Waals surface area contributed by atoms with Gasteiger partial charge in [-0.15, -0.1) is 0 Å². The maximum atomic E-state index is 9.10. The molecule has 1 aromatic carbocycles. The highest BCUT2D eigenvalue weighted by molar-refractivity contribution is 6.27. The first-order valence-corrected chi connectivity index (χ1v) is 10.6. The molecule has 1 aliphatic heterocycles. The summed E-state index contributed by atoms with van der Waals surface area (Å²) in [6.45, 7) is 5.78. The number of methoxy groups -OCH3 is 2. The van der Waals surface area contributed by atoms with E-state index >= 15 is 0 Å². The number of carboxylic acids is 2. The predicted molar refractivity (Wildman–Crippen MR) is 113 cm³/mol. The van der Waals surface area contributed by atoms with Crippen molar-refractivity contribution in [2.24, 2.45) is 0 Å². The molecule has 168 valence electrons. The molecule has 2 N–H and O–H groups in total. The van der Waals surface area contributed by atoms with E-state index < -0.39 is 11.9 Å². The molecule has 1 aliphatic carbocycles. The summed E-state index contributed by atoms with van der Waals surface area (Å²) in [5.74, 6) is -2.02. The van der Waals surface area contributed by atoms with Crippen molar-refractivity contribution in [1.82, 2.24) is 9.80 Å². The number of piperazine rings is 1. The highest BCUT2D eigenvalue weighted by atomic mass is 16.5. The van der Waals surface area contributed by atoms with Crippen LogP contribution in [0.3, 0.4) is 0 Å². The number of nitrogens with zero attached hydrogens (tertiary/aromatic N) is 2. The molecule has 3 rings (SSSR count). The molecule has 8 nitrogen and oxygen atoms in total. The minimum atomic E-state index is -1.82. The first kappa shape index (κ1) is 24.0. The van der Waals surface area contributed by atoms with Crippen LogP contribution in [-0.4, -0.2) is 78.4 Å². The van der Waals surface area contributed by atoms with E-state index in [1.54, 1.807) is 14.2 Å². The average Bonchev–Trinajstić information content (AvgIpc) is 3.04. The molecule has 0 unspecified atom stereocenters. The van der Waals surface area contributed by atoms with Crippen molar-refractivity contribution >= 4 is 11.9 Å². The Hall–Kier alpha value is -2.32. The van der Waals surface area contributed by atoms with Crippen LogP contribution in [0.15, 0.2) is 18.2 Å². The molecule has 1 saturated heterocycles. The Morgan fingerprint density at radius 1 is 0.900 bits per heavy atom. The monoisotopic (exact) mass is 422 g/mol. The summed E-state index contributed by atoms with van der Waals surface area (Å²) >= 11 is 0. The Morgan fingerprint density at radius 2 is 1.47 bits per heavy atom. The lowest BCUT2D eigenvalue weighted by Gasteiger charge is -2.39. The molecule has 0 atom stereocenters. The van der Waals surface area contributed by atoms with Crippen LogP contribution >= 0.6 is 0 Å². The second-order valence-corrected chi connectivity index (χ2v) is 7.76. The molecule has 0 radical (unpaired) electrons. The van der Waals surface area contributed by atoms with Crippen LogP contribution in [0, 0.1) is 0 Å². The molecule has 0 bridgehead atoms. The first-order valence-electron chi connectivity index (χ1n) is 10.6. The van der Waals surface area contributed by atoms with E-state index in [2.05, 4.69) is 21.9 Å². The second kappa shape index (κ2) is 12.4. The highest BCUT2D eigenvalue weighted by Crippen LogP contribution is 2.28. The number of hydrogen-bond acceptors (Lipinski definition) is 6. The lowest BCUT2D eigenvalue weighted by molar-refractivity contribution is -0.159. The van der Waals surface area contributed by atoms with Crippen molar-refractivity contribution in [2.45, 2.75) is 51.1 Å². The first-order chi connectivity index (χ1) is 14.4. The Bertz CT molecular complexity index is 668. The summed E-state index contributed by atoms with van der Waals surface area (Å²) in [7, 11) is 3.39. The van der Waals surface area contributed by atoms with Gasteiger partial charge in [-0.3, -0.25) is 9.80 Å². The van der Waals surface area contributed by atoms with Gasteiger partial charge in [0, 0.05) is 38.8 Å². The summed E-state index contributed by atoms with van der Waals surface area (Å²) in [5, 5.41) is 14.8. The van der Waals surface area contributed by atoms with Gasteiger partial charge in [-0.1, -0.05) is 31.7 Å². The van der Waals surface area contributed by atoms with Crippen molar-refractivity contribution in [3.8, 4) is 11.5 Å². The van der Waals surface area contributed by atoms with Gasteiger partial charge in [0.05, 0.1) is 14.2 Å². The van der Waals surface area contributed by atoms with Crippen LogP contribution in [0.5, 0.6) is 11.5 Å². The zero-order valence-electron chi connectivity index (χ0n) is 18.0. The Kier molecular flexibility index (Phi) is 9.89. The van der Waals surface area contributed by atoms with Crippen molar-refractivity contribution in [1.29, 1.82) is 0 Å². The van der Waals surface area contributed by atoms with Gasteiger partial charge in [0.15, 0.2) is 11.5 Å². The highest BCUT2D eigenvalue weighted by Gasteiger charge is 2.24. The van der Waals surface area contributed by atoms with E-state index in [-0.39, 0.29) is 0 Å². The maximum absolute atomic E-state index is 9.10. The number of carboxylic acid groups (broad SMARTS) is 2. The third kappa shape index (κ3) is 7.50. The van der Waals surface area contributed by atoms with E-state index in [0.29, 0.717) is 0 Å². The smallest absolute Gasteiger partial charge is 0.414 e. The number of carbonyl (C=O) groups is 2. The van der Waals surface area contributed by atoms with E-state index in [9.17, 15) is 0 Å². The van der Waals surface area contributed by atoms with Crippen LogP contribution in [0.25, 0.3) is 0 Å². The molecule has 2 fully saturated rings. The largest absolute Gasteiger partial charge is 0.493 e. The van der Waals surface area contributed by atoms with Gasteiger partial charge in [-0.2, -0.15) is 0 Å². The maximum Gasteiger partial charge on any atom is 0.414 e. The SMILES string of the molecule is COc1ccc(CN2CCN(C3CCCCCC3)CC2)cc1OC.O=C(O)C(=O)O. The average molecular weight is 423 g/mol. The zero-order chi connectivity index (χ0) is 21.9. The molecular formula is C22H34N2O6. The number of aliphatic carboxylic acids is 2. The van der Waals surface area contributed by atoms with Crippen molar-refractivity contribution in [3.05, 3.63) is 23.8 Å². The second-order valence-electron chi connectivity index (χ2n) is 7.76. The summed E-state index contributed by atoms with van der Waals surface area (Å²) < 4.78 is 10.7. The fourth-order valence-corrected chi connectivity index (χ4v) is 4.15. The Morgan fingerprint density at radius 3 is 1.97 bits per heavy atom. The minimum Gasteiger partial charge on any atom is -0.493 e. The summed E-state index contributed by atoms with van der Waals surface area (Å²) in [4.78, 5) is 23.5. The van der Waals surface area contributed by atoms with Gasteiger partial charge >= 0.3 is 11.9 Å². The molecule has 0 aromatic heterocycles. The van der Waals surface area contributed by atoms with Crippen LogP contribution in [-0.2, 0) is 16.1 Å². The summed E-state index contributed by atoms with van der Waals surface area (Å²) in [6, 6.07) is 7.11. The number of hydrogen-bond donors (Lipinski definition) is 2. The minimum absolute atomic E-state index is 0.805. The number of rotatable bonds is 5. The summed E-state index contributed by atoms with van der Waals surface area (Å²) in [5.41, 5.74) is 1.30. The van der Waals surface area contributed by atoms with Crippen LogP contribution < -0.4 is 9.47 Å². The predicted octanol–water partition coefficient (Wildman–Crippen LogP) is 2.70. The normalized spacial score (nSPS) is 18.6. The van der Waals surface area contributed by atoms with Crippen LogP contribution in [0.2, 0.25) is 0 Å². The topological polar surface area (TPSA) is 99.5 Å². The van der Waals surface area contributed by atoms with E-state index in [1.807, 2.05) is 6.07 Å². The fourth-order valence-electron chi connectivity index (χ4n) is 4.15. The molecular weight excluding hydrogens is 388 g/mol. The third-order valence-electron chi connectivity index (χ3n) is 5.79. The van der Waals surface area contributed by atoms with E-state index in [4.69, 9.17) is 29.3 Å². The lowest BCUT2D eigenvalue weighted by Crippen LogP contribution is -2.49. The molecule has 8 heteroatoms. The zero-order valence-corrected chi connectivity index (χ0v) is 18.0. The summed E-state index contributed by atoms with van der Waals surface area (Å²) in [6.07, 6.45) is 8.56. The standard InChI is InChI=1S/C20H32N2O2.C2H2O4/c1-23-19-10-9-17(15-20(19)24-2)16-21-11-13-22(14-12-21)18-7-5-3-4-6-8-18;3-1(4)2(5)6/h9-10,15,18H,3-8,11-14,16H2,1-2H3;(H,3,4)(H,5,6). The van der Waals surface area contributed by atoms with Crippen molar-refractivity contribution < 1.29 is 29.3 Å². The van der Waals surface area contributed by atoms with Gasteiger partial charge in [0.2, 0.25) is 0 Å². The molecule has 0 spiro atoms. The Labute approximate surface area is 178 Å². The van der Waals surface area contributed by atoms with Gasteiger partial charge < -0.3 is 19.7 Å². The van der Waals surface area contributed by atoms with Gasteiger partial charge in [0.25, 0.3) is 0 Å². The van der Waals surface area contributed by atoms with Gasteiger partial charge in [0.1, 0.15) is 0 Å². The molecule has 1 aromatic rings. The third-order valence-corrected chi connectivity index (χ3v) is 5.79. The van der Waals surface area contributed by atoms with Crippen LogP contribution in [0.1, 0.15) is 44.1 Å². The van der Waals surface area contributed by atoms with Crippen molar-refractivity contribution in [3.63, 3.8) is 0 Å². The molecule has 1 heterocycles. The lowest BCUT2D eigenvalue weighted by atomic mass is 10.1.